The van der Waals surface area contributed by atoms with Gasteiger partial charge >= 0.3 is 0 Å². The molecule has 3 rings (SSSR count). The van der Waals surface area contributed by atoms with Crippen LogP contribution in [0.15, 0.2) is 60.0 Å². The van der Waals surface area contributed by atoms with E-state index in [-0.39, 0.29) is 11.5 Å². The fourth-order valence-electron chi connectivity index (χ4n) is 1.96. The second-order valence-corrected chi connectivity index (χ2v) is 4.94. The van der Waals surface area contributed by atoms with Crippen molar-refractivity contribution >= 4 is 28.9 Å². The van der Waals surface area contributed by atoms with Gasteiger partial charge < -0.3 is 15.4 Å². The van der Waals surface area contributed by atoms with Crippen LogP contribution in [0.25, 0.3) is 0 Å². The number of benzene rings is 2. The molecule has 2 aromatic rings. The Morgan fingerprint density at radius 3 is 2.59 bits per heavy atom. The highest BCUT2D eigenvalue weighted by Crippen LogP contribution is 2.33. The second-order valence-electron chi connectivity index (χ2n) is 4.50. The molecule has 0 unspecified atom stereocenters. The third-order valence-corrected chi connectivity index (χ3v) is 3.27. The van der Waals surface area contributed by atoms with Gasteiger partial charge in [-0.05, 0) is 36.4 Å². The molecule has 1 aliphatic rings. The SMILES string of the molecule is N#C/C(C(=O)Nc1ccc(Cl)cc1)=C1/Nc2ccccc2O1. The monoisotopic (exact) mass is 311 g/mol. The normalized spacial score (nSPS) is 14.2. The van der Waals surface area contributed by atoms with E-state index in [0.717, 1.165) is 0 Å². The Balaban J connectivity index is 1.83. The first-order valence-corrected chi connectivity index (χ1v) is 6.80. The lowest BCUT2D eigenvalue weighted by Crippen LogP contribution is -2.18. The van der Waals surface area contributed by atoms with Gasteiger partial charge in [-0.25, -0.2) is 0 Å². The number of ether oxygens (including phenoxy) is 1. The number of hydrogen-bond acceptors (Lipinski definition) is 4. The Kier molecular flexibility index (Phi) is 3.69. The van der Waals surface area contributed by atoms with Gasteiger partial charge in [0.15, 0.2) is 11.3 Å². The molecule has 0 saturated carbocycles. The molecule has 2 N–H and O–H groups in total. The molecule has 1 amide bonds. The Bertz CT molecular complexity index is 780. The van der Waals surface area contributed by atoms with E-state index in [1.54, 1.807) is 36.4 Å². The van der Waals surface area contributed by atoms with E-state index in [1.807, 2.05) is 18.2 Å². The molecule has 1 aliphatic heterocycles. The summed E-state index contributed by atoms with van der Waals surface area (Å²) in [6.07, 6.45) is 0. The van der Waals surface area contributed by atoms with Crippen LogP contribution in [0, 0.1) is 11.3 Å². The predicted octanol–water partition coefficient (Wildman–Crippen LogP) is 3.52. The van der Waals surface area contributed by atoms with Crippen LogP contribution >= 0.6 is 11.6 Å². The highest BCUT2D eigenvalue weighted by molar-refractivity contribution is 6.30. The van der Waals surface area contributed by atoms with Crippen LogP contribution < -0.4 is 15.4 Å². The van der Waals surface area contributed by atoms with Gasteiger partial charge in [-0.1, -0.05) is 23.7 Å². The lowest BCUT2D eigenvalue weighted by Gasteiger charge is -2.06. The van der Waals surface area contributed by atoms with Crippen molar-refractivity contribution in [3.05, 3.63) is 65.0 Å². The molecule has 0 aromatic heterocycles. The van der Waals surface area contributed by atoms with Crippen molar-refractivity contribution in [3.8, 4) is 11.8 Å². The lowest BCUT2D eigenvalue weighted by atomic mass is 10.2. The Morgan fingerprint density at radius 2 is 1.91 bits per heavy atom. The zero-order valence-corrected chi connectivity index (χ0v) is 12.0. The fraction of sp³-hybridized carbons (Fsp3) is 0. The molecule has 0 saturated heterocycles. The number of anilines is 2. The van der Waals surface area contributed by atoms with Gasteiger partial charge in [-0.15, -0.1) is 0 Å². The average molecular weight is 312 g/mol. The summed E-state index contributed by atoms with van der Waals surface area (Å²) in [5.74, 6) is 0.139. The minimum Gasteiger partial charge on any atom is -0.437 e. The van der Waals surface area contributed by atoms with Crippen molar-refractivity contribution in [2.24, 2.45) is 0 Å². The van der Waals surface area contributed by atoms with E-state index in [1.165, 1.54) is 0 Å². The summed E-state index contributed by atoms with van der Waals surface area (Å²) in [4.78, 5) is 12.2. The van der Waals surface area contributed by atoms with Gasteiger partial charge in [0.25, 0.3) is 5.91 Å². The summed E-state index contributed by atoms with van der Waals surface area (Å²) in [6.45, 7) is 0. The standard InChI is InChI=1S/C16H10ClN3O2/c17-10-5-7-11(8-6-10)19-15(21)12(9-18)16-20-13-3-1-2-4-14(13)22-16/h1-8,20H,(H,19,21)/b16-12+. The first-order chi connectivity index (χ1) is 10.7. The number of nitrogens with one attached hydrogen (secondary N) is 2. The quantitative estimate of drug-likeness (QED) is 0.657. The van der Waals surface area contributed by atoms with Gasteiger partial charge in [-0.2, -0.15) is 5.26 Å². The van der Waals surface area contributed by atoms with Crippen LogP contribution in [0.5, 0.6) is 5.75 Å². The van der Waals surface area contributed by atoms with Crippen molar-refractivity contribution in [2.45, 2.75) is 0 Å². The Labute approximate surface area is 131 Å². The maximum Gasteiger partial charge on any atom is 0.271 e. The van der Waals surface area contributed by atoms with Crippen LogP contribution in [-0.2, 0) is 4.79 Å². The van der Waals surface area contributed by atoms with Crippen LogP contribution in [0.2, 0.25) is 5.02 Å². The van der Waals surface area contributed by atoms with Crippen LogP contribution in [0.3, 0.4) is 0 Å². The van der Waals surface area contributed by atoms with Crippen molar-refractivity contribution in [1.29, 1.82) is 5.26 Å². The topological polar surface area (TPSA) is 74.2 Å². The van der Waals surface area contributed by atoms with E-state index in [4.69, 9.17) is 16.3 Å². The molecular formula is C16H10ClN3O2. The Hall–Kier alpha value is -2.97. The highest BCUT2D eigenvalue weighted by Gasteiger charge is 2.24. The smallest absolute Gasteiger partial charge is 0.271 e. The van der Waals surface area contributed by atoms with Crippen molar-refractivity contribution in [1.82, 2.24) is 0 Å². The van der Waals surface area contributed by atoms with Gasteiger partial charge in [-0.3, -0.25) is 4.79 Å². The maximum absolute atomic E-state index is 12.2. The number of amides is 1. The van der Waals surface area contributed by atoms with Crippen molar-refractivity contribution in [2.75, 3.05) is 10.6 Å². The lowest BCUT2D eigenvalue weighted by molar-refractivity contribution is -0.112. The number of halogens is 1. The Morgan fingerprint density at radius 1 is 1.18 bits per heavy atom. The number of fused-ring (bicyclic) bond motifs is 1. The number of carbonyl (C=O) groups excluding carboxylic acids is 1. The zero-order chi connectivity index (χ0) is 15.5. The summed E-state index contributed by atoms with van der Waals surface area (Å²) in [5, 5.41) is 15.4. The first kappa shape index (κ1) is 14.0. The van der Waals surface area contributed by atoms with E-state index in [9.17, 15) is 10.1 Å². The average Bonchev–Trinajstić information content (AvgIpc) is 2.94. The molecule has 0 aliphatic carbocycles. The largest absolute Gasteiger partial charge is 0.437 e. The summed E-state index contributed by atoms with van der Waals surface area (Å²) < 4.78 is 5.50. The minimum atomic E-state index is -0.555. The minimum absolute atomic E-state index is 0.121. The van der Waals surface area contributed by atoms with Crippen molar-refractivity contribution < 1.29 is 9.53 Å². The number of nitrogens with zero attached hydrogens (tertiary/aromatic N) is 1. The molecule has 1 heterocycles. The molecule has 108 valence electrons. The maximum atomic E-state index is 12.2. The van der Waals surface area contributed by atoms with E-state index < -0.39 is 5.91 Å². The molecule has 2 aromatic carbocycles. The van der Waals surface area contributed by atoms with Crippen molar-refractivity contribution in [3.63, 3.8) is 0 Å². The summed E-state index contributed by atoms with van der Waals surface area (Å²) in [6, 6.07) is 15.7. The molecule has 0 radical (unpaired) electrons. The molecule has 0 bridgehead atoms. The van der Waals surface area contributed by atoms with Gasteiger partial charge in [0.1, 0.15) is 6.07 Å². The zero-order valence-electron chi connectivity index (χ0n) is 11.3. The number of rotatable bonds is 2. The summed E-state index contributed by atoms with van der Waals surface area (Å²) in [5.41, 5.74) is 1.12. The molecule has 0 fully saturated rings. The molecular weight excluding hydrogens is 302 g/mol. The van der Waals surface area contributed by atoms with Gasteiger partial charge in [0, 0.05) is 10.7 Å². The highest BCUT2D eigenvalue weighted by atomic mass is 35.5. The first-order valence-electron chi connectivity index (χ1n) is 6.42. The number of nitriles is 1. The number of para-hydroxylation sites is 2. The fourth-order valence-corrected chi connectivity index (χ4v) is 2.09. The predicted molar refractivity (Wildman–Crippen MR) is 83.4 cm³/mol. The molecule has 5 nitrogen and oxygen atoms in total. The molecule has 6 heteroatoms. The van der Waals surface area contributed by atoms with Gasteiger partial charge in [0.2, 0.25) is 5.88 Å². The van der Waals surface area contributed by atoms with E-state index in [0.29, 0.717) is 22.1 Å². The van der Waals surface area contributed by atoms with Crippen LogP contribution in [0.1, 0.15) is 0 Å². The molecule has 22 heavy (non-hydrogen) atoms. The van der Waals surface area contributed by atoms with Crippen LogP contribution in [-0.4, -0.2) is 5.91 Å². The molecule has 0 spiro atoms. The third-order valence-electron chi connectivity index (χ3n) is 3.02. The summed E-state index contributed by atoms with van der Waals surface area (Å²) in [7, 11) is 0. The molecule has 0 atom stereocenters. The third kappa shape index (κ3) is 2.73. The summed E-state index contributed by atoms with van der Waals surface area (Å²) >= 11 is 5.79. The van der Waals surface area contributed by atoms with E-state index in [2.05, 4.69) is 10.6 Å². The van der Waals surface area contributed by atoms with E-state index >= 15 is 0 Å². The number of hydrogen-bond donors (Lipinski definition) is 2. The van der Waals surface area contributed by atoms with Crippen LogP contribution in [0.4, 0.5) is 11.4 Å². The van der Waals surface area contributed by atoms with Gasteiger partial charge in [0.05, 0.1) is 5.69 Å². The second kappa shape index (κ2) is 5.80. The number of carbonyl (C=O) groups is 1.